The molecule has 1 aromatic carbocycles. The first-order chi connectivity index (χ1) is 18.5. The van der Waals surface area contributed by atoms with Gasteiger partial charge in [0.05, 0.1) is 17.1 Å². The van der Waals surface area contributed by atoms with Crippen molar-refractivity contribution in [2.45, 2.75) is 38.0 Å². The fourth-order valence-corrected chi connectivity index (χ4v) is 7.89. The normalized spacial score (nSPS) is 14.7. The minimum absolute atomic E-state index is 0.0563. The van der Waals surface area contributed by atoms with Crippen LogP contribution >= 0.6 is 22.2 Å². The van der Waals surface area contributed by atoms with E-state index in [4.69, 9.17) is 36.1 Å². The van der Waals surface area contributed by atoms with E-state index in [9.17, 15) is 13.2 Å². The summed E-state index contributed by atoms with van der Waals surface area (Å²) in [6.07, 6.45) is 5.02. The number of benzene rings is 1. The van der Waals surface area contributed by atoms with Gasteiger partial charge in [-0.15, -0.1) is 27.3 Å². The van der Waals surface area contributed by atoms with Crippen molar-refractivity contribution in [2.75, 3.05) is 27.1 Å². The summed E-state index contributed by atoms with van der Waals surface area (Å²) in [6, 6.07) is 12.2. The van der Waals surface area contributed by atoms with Crippen molar-refractivity contribution in [2.24, 2.45) is 5.41 Å². The molecule has 10 nitrogen and oxygen atoms in total. The van der Waals surface area contributed by atoms with Gasteiger partial charge in [-0.1, -0.05) is 25.1 Å². The SMILES string of the molecule is CCO[Si](Cl)(Cl)c1nc(-n2ccc(OCCC3(C)CC3)n2)ccc1C(=O)N(COC)S(=O)(=O)c1ccccc1. The van der Waals surface area contributed by atoms with E-state index in [1.807, 2.05) is 0 Å². The number of rotatable bonds is 13. The number of halogens is 2. The summed E-state index contributed by atoms with van der Waals surface area (Å²) in [4.78, 5) is 18.2. The maximum Gasteiger partial charge on any atom is 0.443 e. The minimum Gasteiger partial charge on any atom is -0.477 e. The predicted octanol–water partition coefficient (Wildman–Crippen LogP) is 3.93. The van der Waals surface area contributed by atoms with Crippen LogP contribution in [-0.2, 0) is 19.2 Å². The smallest absolute Gasteiger partial charge is 0.443 e. The third-order valence-corrected chi connectivity index (χ3v) is 11.4. The number of pyridine rings is 1. The highest BCUT2D eigenvalue weighted by Gasteiger charge is 2.42. The molecular weight excluding hydrogens is 583 g/mol. The number of carbonyl (C=O) groups excluding carboxylic acids is 1. The Hall–Kier alpha value is -2.48. The predicted molar refractivity (Wildman–Crippen MR) is 149 cm³/mol. The minimum atomic E-state index is -4.27. The van der Waals surface area contributed by atoms with E-state index in [1.54, 1.807) is 37.4 Å². The van der Waals surface area contributed by atoms with Crippen LogP contribution in [0, 0.1) is 5.41 Å². The van der Waals surface area contributed by atoms with Gasteiger partial charge in [-0.3, -0.25) is 4.79 Å². The van der Waals surface area contributed by atoms with Crippen LogP contribution in [0.15, 0.2) is 59.6 Å². The number of nitrogens with zero attached hydrogens (tertiary/aromatic N) is 4. The lowest BCUT2D eigenvalue weighted by atomic mass is 10.1. The summed E-state index contributed by atoms with van der Waals surface area (Å²) in [6.45, 7) is 0.292. The number of aromatic nitrogens is 3. The molecule has 39 heavy (non-hydrogen) atoms. The van der Waals surface area contributed by atoms with E-state index < -0.39 is 29.6 Å². The van der Waals surface area contributed by atoms with Gasteiger partial charge >= 0.3 is 6.94 Å². The third-order valence-electron chi connectivity index (χ3n) is 6.37. The van der Waals surface area contributed by atoms with Crippen LogP contribution in [0.2, 0.25) is 0 Å². The number of methoxy groups -OCH3 is 1. The van der Waals surface area contributed by atoms with Crippen LogP contribution in [0.5, 0.6) is 5.88 Å². The second kappa shape index (κ2) is 11.9. The monoisotopic (exact) mass is 612 g/mol. The zero-order chi connectivity index (χ0) is 28.3. The van der Waals surface area contributed by atoms with Gasteiger partial charge < -0.3 is 13.9 Å². The maximum absolute atomic E-state index is 13.7. The Balaban J connectivity index is 1.68. The molecule has 0 bridgehead atoms. The first kappa shape index (κ1) is 29.5. The molecule has 210 valence electrons. The molecule has 0 N–H and O–H groups in total. The van der Waals surface area contributed by atoms with Crippen LogP contribution < -0.4 is 10.1 Å². The molecule has 2 heterocycles. The van der Waals surface area contributed by atoms with Gasteiger partial charge in [0, 0.05) is 26.0 Å². The Labute approximate surface area is 238 Å². The lowest BCUT2D eigenvalue weighted by Crippen LogP contribution is -2.49. The number of ether oxygens (including phenoxy) is 2. The third kappa shape index (κ3) is 6.81. The first-order valence-corrected chi connectivity index (χ1v) is 17.7. The summed E-state index contributed by atoms with van der Waals surface area (Å²) in [5, 5.41) is 4.36. The van der Waals surface area contributed by atoms with Gasteiger partial charge in [0.15, 0.2) is 5.82 Å². The van der Waals surface area contributed by atoms with Crippen molar-refractivity contribution in [3.05, 3.63) is 60.3 Å². The second-order valence-electron chi connectivity index (χ2n) is 9.41. The molecule has 0 saturated heterocycles. The summed E-state index contributed by atoms with van der Waals surface area (Å²) < 4.78 is 45.2. The topological polar surface area (TPSA) is 113 Å². The average molecular weight is 614 g/mol. The molecule has 0 spiro atoms. The summed E-state index contributed by atoms with van der Waals surface area (Å²) in [5.74, 6) is -0.189. The van der Waals surface area contributed by atoms with Crippen LogP contribution in [0.4, 0.5) is 0 Å². The fourth-order valence-electron chi connectivity index (χ4n) is 3.81. The molecule has 0 unspecified atom stereocenters. The Bertz CT molecular complexity index is 1420. The van der Waals surface area contributed by atoms with Crippen LogP contribution in [-0.4, -0.2) is 67.4 Å². The number of hydrogen-bond donors (Lipinski definition) is 0. The lowest BCUT2D eigenvalue weighted by Gasteiger charge is -2.24. The molecule has 1 aliphatic carbocycles. The average Bonchev–Trinajstić information content (AvgIpc) is 3.46. The van der Waals surface area contributed by atoms with E-state index in [0.717, 1.165) is 6.42 Å². The van der Waals surface area contributed by atoms with E-state index >= 15 is 0 Å². The molecule has 2 aromatic heterocycles. The van der Waals surface area contributed by atoms with Gasteiger partial charge in [0.2, 0.25) is 5.88 Å². The van der Waals surface area contributed by atoms with Crippen LogP contribution in [0.3, 0.4) is 0 Å². The molecule has 4 rings (SSSR count). The van der Waals surface area contributed by atoms with Gasteiger partial charge in [-0.25, -0.2) is 22.4 Å². The number of sulfonamides is 1. The van der Waals surface area contributed by atoms with Crippen LogP contribution in [0.1, 0.15) is 43.5 Å². The fraction of sp³-hybridized carbons (Fsp3) is 0.400. The van der Waals surface area contributed by atoms with E-state index in [0.29, 0.717) is 28.0 Å². The standard InChI is InChI=1S/C25H30Cl2N4O6SSi/c1-4-37-39(26,27)23-20(24(32)31(18-35-3)38(33,34)19-8-6-5-7-9-19)10-11-21(28-23)30-16-12-22(29-30)36-17-15-25(2)13-14-25/h5-12,16H,4,13-15,17-18H2,1-3H3. The highest BCUT2D eigenvalue weighted by molar-refractivity contribution is 7.89. The van der Waals surface area contributed by atoms with Crippen molar-refractivity contribution < 1.29 is 27.1 Å². The Morgan fingerprint density at radius 3 is 2.51 bits per heavy atom. The molecule has 1 aliphatic rings. The number of amides is 1. The molecule has 3 aromatic rings. The van der Waals surface area contributed by atoms with E-state index in [-0.39, 0.29) is 22.4 Å². The van der Waals surface area contributed by atoms with Gasteiger partial charge in [0.25, 0.3) is 15.9 Å². The Kier molecular flexibility index (Phi) is 9.04. The van der Waals surface area contributed by atoms with Crippen LogP contribution in [0.25, 0.3) is 5.82 Å². The zero-order valence-corrected chi connectivity index (χ0v) is 25.2. The maximum atomic E-state index is 13.7. The summed E-state index contributed by atoms with van der Waals surface area (Å²) in [5.41, 5.74) is 0.238. The molecule has 0 radical (unpaired) electrons. The zero-order valence-electron chi connectivity index (χ0n) is 21.8. The largest absolute Gasteiger partial charge is 0.477 e. The van der Waals surface area contributed by atoms with Gasteiger partial charge in [-0.2, -0.15) is 0 Å². The summed E-state index contributed by atoms with van der Waals surface area (Å²) >= 11 is 13.2. The molecule has 0 aliphatic heterocycles. The lowest BCUT2D eigenvalue weighted by molar-refractivity contribution is 0.0665. The van der Waals surface area contributed by atoms with E-state index in [2.05, 4.69) is 17.0 Å². The van der Waals surface area contributed by atoms with E-state index in [1.165, 1.54) is 48.9 Å². The van der Waals surface area contributed by atoms with Crippen molar-refractivity contribution in [3.63, 3.8) is 0 Å². The van der Waals surface area contributed by atoms with Gasteiger partial charge in [0.1, 0.15) is 12.0 Å². The molecule has 1 saturated carbocycles. The van der Waals surface area contributed by atoms with Crippen molar-refractivity contribution in [1.29, 1.82) is 0 Å². The molecule has 14 heteroatoms. The quantitative estimate of drug-likeness (QED) is 0.162. The Morgan fingerprint density at radius 1 is 1.15 bits per heavy atom. The first-order valence-electron chi connectivity index (χ1n) is 12.3. The Morgan fingerprint density at radius 2 is 1.87 bits per heavy atom. The van der Waals surface area contributed by atoms with Crippen molar-refractivity contribution in [1.82, 2.24) is 19.1 Å². The van der Waals surface area contributed by atoms with Crippen molar-refractivity contribution >= 4 is 50.3 Å². The second-order valence-corrected chi connectivity index (χ2v) is 16.8. The number of hydrogen-bond acceptors (Lipinski definition) is 8. The highest BCUT2D eigenvalue weighted by atomic mass is 35.7. The highest BCUT2D eigenvalue weighted by Crippen LogP contribution is 2.47. The molecule has 1 fully saturated rings. The molecule has 1 amide bonds. The summed E-state index contributed by atoms with van der Waals surface area (Å²) in [7, 11) is -2.99. The van der Waals surface area contributed by atoms with Crippen molar-refractivity contribution in [3.8, 4) is 11.7 Å². The molecular formula is C25H30Cl2N4O6SSi. The van der Waals surface area contributed by atoms with Gasteiger partial charge in [-0.05, 0) is 55.9 Å². The number of carbonyl (C=O) groups is 1. The molecule has 0 atom stereocenters.